The maximum absolute atomic E-state index is 5.89. The predicted molar refractivity (Wildman–Crippen MR) is 112 cm³/mol. The van der Waals surface area contributed by atoms with Crippen LogP contribution in [-0.2, 0) is 23.5 Å². The minimum atomic E-state index is 0.266. The molecule has 4 rings (SSSR count). The third-order valence-corrected chi connectivity index (χ3v) is 6.99. The molecule has 0 bridgehead atoms. The number of aromatic nitrogens is 3. The lowest BCUT2D eigenvalue weighted by atomic mass is 10.2. The number of hydrogen-bond donors (Lipinski definition) is 0. The van der Waals surface area contributed by atoms with Gasteiger partial charge in [-0.1, -0.05) is 48.5 Å². The van der Waals surface area contributed by atoms with Crippen LogP contribution in [0.2, 0.25) is 0 Å². The summed E-state index contributed by atoms with van der Waals surface area (Å²) in [5.41, 5.74) is 3.77. The number of hydrogen-bond acceptors (Lipinski definition) is 5. The van der Waals surface area contributed by atoms with E-state index in [1.54, 1.807) is 23.1 Å². The van der Waals surface area contributed by atoms with Crippen molar-refractivity contribution in [3.05, 3.63) is 51.7 Å². The second-order valence-electron chi connectivity index (χ2n) is 6.98. The van der Waals surface area contributed by atoms with Crippen molar-refractivity contribution in [2.24, 2.45) is 0 Å². The Balaban J connectivity index is 1.58. The van der Waals surface area contributed by atoms with Gasteiger partial charge in [0.05, 0.1) is 12.6 Å². The van der Waals surface area contributed by atoms with Crippen LogP contribution in [0.3, 0.4) is 0 Å². The molecule has 1 aliphatic rings. The molecule has 2 aromatic heterocycles. The number of benzene rings is 1. The van der Waals surface area contributed by atoms with Crippen LogP contribution in [0.5, 0.6) is 0 Å². The highest BCUT2D eigenvalue weighted by atomic mass is 32.2. The first-order chi connectivity index (χ1) is 13.2. The summed E-state index contributed by atoms with van der Waals surface area (Å²) in [4.78, 5) is 1.38. The Kier molecular flexibility index (Phi) is 5.95. The zero-order chi connectivity index (χ0) is 18.6. The zero-order valence-corrected chi connectivity index (χ0v) is 17.5. The maximum Gasteiger partial charge on any atom is 0.191 e. The van der Waals surface area contributed by atoms with E-state index >= 15 is 0 Å². The van der Waals surface area contributed by atoms with E-state index in [-0.39, 0.29) is 6.10 Å². The molecule has 1 saturated heterocycles. The fourth-order valence-corrected chi connectivity index (χ4v) is 5.00. The van der Waals surface area contributed by atoms with Crippen molar-refractivity contribution in [1.82, 2.24) is 14.8 Å². The summed E-state index contributed by atoms with van der Waals surface area (Å²) in [5.74, 6) is 1.86. The molecule has 0 N–H and O–H groups in total. The van der Waals surface area contributed by atoms with Crippen LogP contribution in [0.1, 0.15) is 35.8 Å². The van der Waals surface area contributed by atoms with Crippen LogP contribution in [0.15, 0.2) is 40.9 Å². The van der Waals surface area contributed by atoms with Crippen molar-refractivity contribution in [1.29, 1.82) is 0 Å². The summed E-state index contributed by atoms with van der Waals surface area (Å²) in [6.45, 7) is 6.00. The maximum atomic E-state index is 5.89. The number of thioether (sulfide) groups is 1. The van der Waals surface area contributed by atoms with Crippen LogP contribution < -0.4 is 0 Å². The van der Waals surface area contributed by atoms with E-state index in [4.69, 9.17) is 4.74 Å². The van der Waals surface area contributed by atoms with E-state index in [9.17, 15) is 0 Å². The average Bonchev–Trinajstić information content (AvgIpc) is 3.43. The van der Waals surface area contributed by atoms with Crippen LogP contribution in [0.4, 0.5) is 0 Å². The molecule has 0 aliphatic carbocycles. The largest absolute Gasteiger partial charge is 0.376 e. The molecule has 3 heterocycles. The lowest BCUT2D eigenvalue weighted by molar-refractivity contribution is 0.0953. The molecule has 0 radical (unpaired) electrons. The third-order valence-electron chi connectivity index (χ3n) is 4.88. The fourth-order valence-electron chi connectivity index (χ4n) is 3.28. The number of rotatable bonds is 7. The van der Waals surface area contributed by atoms with Crippen molar-refractivity contribution in [3.63, 3.8) is 0 Å². The smallest absolute Gasteiger partial charge is 0.191 e. The summed E-state index contributed by atoms with van der Waals surface area (Å²) in [5, 5.41) is 12.2. The zero-order valence-electron chi connectivity index (χ0n) is 15.9. The molecule has 6 heteroatoms. The van der Waals surface area contributed by atoms with Gasteiger partial charge in [-0.3, -0.25) is 4.57 Å². The standard InChI is InChI=1S/C21H25N3OS2/c1-3-19-11-17(14-26-19)20-22-23-21(24(20)12-18-5-4-10-25-18)27-13-16-8-6-15(2)7-9-16/h6-9,11,14,18H,3-5,10,12-13H2,1-2H3. The Morgan fingerprint density at radius 3 is 2.81 bits per heavy atom. The van der Waals surface area contributed by atoms with Gasteiger partial charge in [-0.2, -0.15) is 0 Å². The number of nitrogens with zero attached hydrogens (tertiary/aromatic N) is 3. The molecule has 4 nitrogen and oxygen atoms in total. The van der Waals surface area contributed by atoms with Crippen molar-refractivity contribution in [2.45, 2.75) is 56.7 Å². The highest BCUT2D eigenvalue weighted by molar-refractivity contribution is 7.98. The van der Waals surface area contributed by atoms with Gasteiger partial charge in [0.2, 0.25) is 0 Å². The van der Waals surface area contributed by atoms with Gasteiger partial charge in [0, 0.05) is 28.2 Å². The van der Waals surface area contributed by atoms with Gasteiger partial charge < -0.3 is 4.74 Å². The third kappa shape index (κ3) is 4.45. The minimum absolute atomic E-state index is 0.266. The highest BCUT2D eigenvalue weighted by Gasteiger charge is 2.22. The summed E-state index contributed by atoms with van der Waals surface area (Å²) in [6, 6.07) is 11.0. The van der Waals surface area contributed by atoms with E-state index in [1.807, 2.05) is 0 Å². The second kappa shape index (κ2) is 8.59. The Morgan fingerprint density at radius 2 is 2.11 bits per heavy atom. The molecule has 0 spiro atoms. The molecule has 0 saturated carbocycles. The first-order valence-corrected chi connectivity index (χ1v) is 11.4. The lowest BCUT2D eigenvalue weighted by Crippen LogP contribution is -2.16. The Labute approximate surface area is 169 Å². The molecule has 0 amide bonds. The first-order valence-electron chi connectivity index (χ1n) is 9.54. The molecule has 1 unspecified atom stereocenters. The van der Waals surface area contributed by atoms with Crippen LogP contribution in [0, 0.1) is 6.92 Å². The van der Waals surface area contributed by atoms with Crippen molar-refractivity contribution in [3.8, 4) is 11.4 Å². The van der Waals surface area contributed by atoms with Crippen molar-refractivity contribution in [2.75, 3.05) is 6.61 Å². The SMILES string of the molecule is CCc1cc(-c2nnc(SCc3ccc(C)cc3)n2CC2CCCO2)cs1. The van der Waals surface area contributed by atoms with E-state index in [0.29, 0.717) is 0 Å². The number of ether oxygens (including phenoxy) is 1. The van der Waals surface area contributed by atoms with Crippen LogP contribution in [0.25, 0.3) is 11.4 Å². The fraction of sp³-hybridized carbons (Fsp3) is 0.429. The van der Waals surface area contributed by atoms with E-state index in [0.717, 1.165) is 49.1 Å². The topological polar surface area (TPSA) is 39.9 Å². The Bertz CT molecular complexity index is 879. The summed E-state index contributed by atoms with van der Waals surface area (Å²) in [6.07, 6.45) is 3.58. The Hall–Kier alpha value is -1.63. The van der Waals surface area contributed by atoms with E-state index < -0.39 is 0 Å². The molecule has 142 valence electrons. The van der Waals surface area contributed by atoms with Gasteiger partial charge in [0.1, 0.15) is 0 Å². The number of thiophene rings is 1. The van der Waals surface area contributed by atoms with Gasteiger partial charge in [-0.15, -0.1) is 21.5 Å². The van der Waals surface area contributed by atoms with Gasteiger partial charge in [0.25, 0.3) is 0 Å². The first kappa shape index (κ1) is 18.7. The van der Waals surface area contributed by atoms with E-state index in [1.165, 1.54) is 21.6 Å². The normalized spacial score (nSPS) is 16.9. The average molecular weight is 400 g/mol. The molecule has 3 aromatic rings. The van der Waals surface area contributed by atoms with E-state index in [2.05, 4.69) is 64.3 Å². The molecule has 1 aromatic carbocycles. The minimum Gasteiger partial charge on any atom is -0.376 e. The second-order valence-corrected chi connectivity index (χ2v) is 8.92. The van der Waals surface area contributed by atoms with Crippen LogP contribution in [-0.4, -0.2) is 27.5 Å². The monoisotopic (exact) mass is 399 g/mol. The highest BCUT2D eigenvalue weighted by Crippen LogP contribution is 2.30. The van der Waals surface area contributed by atoms with Gasteiger partial charge in [0.15, 0.2) is 11.0 Å². The van der Waals surface area contributed by atoms with Gasteiger partial charge in [-0.25, -0.2) is 0 Å². The summed E-state index contributed by atoms with van der Waals surface area (Å²) in [7, 11) is 0. The quantitative estimate of drug-likeness (QED) is 0.502. The summed E-state index contributed by atoms with van der Waals surface area (Å²) >= 11 is 3.55. The van der Waals surface area contributed by atoms with Crippen LogP contribution >= 0.6 is 23.1 Å². The molecule has 1 atom stereocenters. The van der Waals surface area contributed by atoms with Crippen molar-refractivity contribution < 1.29 is 4.74 Å². The molecule has 27 heavy (non-hydrogen) atoms. The van der Waals surface area contributed by atoms with Crippen molar-refractivity contribution >= 4 is 23.1 Å². The Morgan fingerprint density at radius 1 is 1.26 bits per heavy atom. The molecular weight excluding hydrogens is 374 g/mol. The summed E-state index contributed by atoms with van der Waals surface area (Å²) < 4.78 is 8.15. The molecule has 1 aliphatic heterocycles. The van der Waals surface area contributed by atoms with Gasteiger partial charge >= 0.3 is 0 Å². The molecule has 1 fully saturated rings. The predicted octanol–water partition coefficient (Wildman–Crippen LogP) is 5.35. The number of aryl methyl sites for hydroxylation is 2. The lowest BCUT2D eigenvalue weighted by Gasteiger charge is -2.14. The van der Waals surface area contributed by atoms with Gasteiger partial charge in [-0.05, 0) is 37.8 Å². The molecular formula is C21H25N3OS2.